The molecule has 1 aliphatic carbocycles. The van der Waals surface area contributed by atoms with Crippen molar-refractivity contribution in [3.63, 3.8) is 0 Å². The number of unbranched alkanes of at least 4 members (excludes halogenated alkanes) is 1. The first-order chi connectivity index (χ1) is 15.6. The summed E-state index contributed by atoms with van der Waals surface area (Å²) in [7, 11) is 0. The third-order valence-corrected chi connectivity index (χ3v) is 6.33. The van der Waals surface area contributed by atoms with Crippen LogP contribution in [0.4, 0.5) is 8.78 Å². The highest BCUT2D eigenvalue weighted by Gasteiger charge is 2.23. The summed E-state index contributed by atoms with van der Waals surface area (Å²) in [6.45, 7) is 2.33. The first-order valence-corrected chi connectivity index (χ1v) is 12.0. The van der Waals surface area contributed by atoms with Crippen molar-refractivity contribution >= 4 is 11.6 Å². The lowest BCUT2D eigenvalue weighted by atomic mass is 9.77. The highest BCUT2D eigenvalue weighted by atomic mass is 35.5. The first kappa shape index (κ1) is 24.3. The van der Waals surface area contributed by atoms with Crippen LogP contribution in [-0.4, -0.2) is 6.61 Å². The minimum Gasteiger partial charge on any atom is -0.486 e. The maximum absolute atomic E-state index is 14.9. The molecule has 0 spiro atoms. The normalized spacial score (nSPS) is 18.4. The van der Waals surface area contributed by atoms with Crippen LogP contribution < -0.4 is 4.74 Å². The summed E-state index contributed by atoms with van der Waals surface area (Å²) >= 11 is 5.44. The molecule has 170 valence electrons. The molecule has 0 N–H and O–H groups in total. The zero-order valence-corrected chi connectivity index (χ0v) is 19.4. The van der Waals surface area contributed by atoms with Crippen molar-refractivity contribution in [3.8, 4) is 28.7 Å². The van der Waals surface area contributed by atoms with Crippen molar-refractivity contribution in [2.24, 2.45) is 5.92 Å². The molecule has 32 heavy (non-hydrogen) atoms. The maximum Gasteiger partial charge on any atom is 0.165 e. The van der Waals surface area contributed by atoms with Crippen LogP contribution >= 0.6 is 11.6 Å². The molecule has 2 aromatic rings. The molecule has 3 rings (SSSR count). The van der Waals surface area contributed by atoms with Gasteiger partial charge in [-0.3, -0.25) is 0 Å². The summed E-state index contributed by atoms with van der Waals surface area (Å²) in [5.41, 5.74) is 3.26. The van der Waals surface area contributed by atoms with Crippen LogP contribution in [0.3, 0.4) is 0 Å². The lowest BCUT2D eigenvalue weighted by Gasteiger charge is -2.28. The monoisotopic (exact) mass is 456 g/mol. The molecule has 0 atom stereocenters. The van der Waals surface area contributed by atoms with Crippen LogP contribution in [0.2, 0.25) is 0 Å². The van der Waals surface area contributed by atoms with E-state index in [0.29, 0.717) is 17.0 Å². The molecular weight excluding hydrogens is 426 g/mol. The van der Waals surface area contributed by atoms with Crippen molar-refractivity contribution in [2.75, 3.05) is 6.61 Å². The van der Waals surface area contributed by atoms with E-state index in [9.17, 15) is 8.78 Å². The number of rotatable bonds is 8. The van der Waals surface area contributed by atoms with E-state index in [1.807, 2.05) is 6.07 Å². The van der Waals surface area contributed by atoms with Gasteiger partial charge in [-0.25, -0.2) is 8.78 Å². The average molecular weight is 457 g/mol. The maximum atomic E-state index is 14.9. The Balaban J connectivity index is 1.59. The lowest BCUT2D eigenvalue weighted by molar-refractivity contribution is 0.312. The van der Waals surface area contributed by atoms with Crippen LogP contribution in [0.5, 0.6) is 5.75 Å². The molecule has 1 nitrogen and oxygen atoms in total. The van der Waals surface area contributed by atoms with E-state index in [2.05, 4.69) is 18.8 Å². The van der Waals surface area contributed by atoms with Gasteiger partial charge in [-0.1, -0.05) is 36.7 Å². The average Bonchev–Trinajstić information content (AvgIpc) is 2.80. The first-order valence-electron chi connectivity index (χ1n) is 11.6. The van der Waals surface area contributed by atoms with Gasteiger partial charge in [0.25, 0.3) is 0 Å². The Kier molecular flexibility index (Phi) is 9.62. The van der Waals surface area contributed by atoms with Crippen LogP contribution in [0.25, 0.3) is 11.1 Å². The molecule has 0 unspecified atom stereocenters. The Hall–Kier alpha value is -2.31. The summed E-state index contributed by atoms with van der Waals surface area (Å²) in [6, 6.07) is 9.90. The Bertz CT molecular complexity index is 965. The fourth-order valence-electron chi connectivity index (χ4n) is 4.34. The van der Waals surface area contributed by atoms with E-state index in [0.717, 1.165) is 43.6 Å². The molecular formula is C28H31ClF2O. The molecule has 4 heteroatoms. The van der Waals surface area contributed by atoms with Gasteiger partial charge in [-0.05, 0) is 85.8 Å². The zero-order chi connectivity index (χ0) is 22.8. The molecule has 2 aromatic carbocycles. The largest absolute Gasteiger partial charge is 0.486 e. The molecule has 1 fully saturated rings. The van der Waals surface area contributed by atoms with E-state index in [4.69, 9.17) is 16.3 Å². The van der Waals surface area contributed by atoms with Gasteiger partial charge in [0.15, 0.2) is 11.6 Å². The van der Waals surface area contributed by atoms with Gasteiger partial charge in [-0.2, -0.15) is 0 Å². The second kappa shape index (κ2) is 12.7. The topological polar surface area (TPSA) is 9.23 Å². The minimum atomic E-state index is -0.522. The van der Waals surface area contributed by atoms with Crippen molar-refractivity contribution < 1.29 is 13.5 Å². The van der Waals surface area contributed by atoms with Gasteiger partial charge in [-0.15, -0.1) is 11.8 Å². The van der Waals surface area contributed by atoms with E-state index in [-0.39, 0.29) is 18.2 Å². The van der Waals surface area contributed by atoms with Gasteiger partial charge in [0.2, 0.25) is 0 Å². The van der Waals surface area contributed by atoms with Crippen molar-refractivity contribution in [1.29, 1.82) is 0 Å². The summed E-state index contributed by atoms with van der Waals surface area (Å²) in [5.74, 6) is 6.92. The second-order valence-corrected chi connectivity index (χ2v) is 8.67. The van der Waals surface area contributed by atoms with Gasteiger partial charge >= 0.3 is 0 Å². The Morgan fingerprint density at radius 3 is 2.47 bits per heavy atom. The van der Waals surface area contributed by atoms with Crippen LogP contribution in [0.1, 0.15) is 69.8 Å². The lowest BCUT2D eigenvalue weighted by Crippen LogP contribution is -2.13. The summed E-state index contributed by atoms with van der Waals surface area (Å²) < 4.78 is 34.6. The highest BCUT2D eigenvalue weighted by Crippen LogP contribution is 2.39. The van der Waals surface area contributed by atoms with E-state index < -0.39 is 5.82 Å². The highest BCUT2D eigenvalue weighted by molar-refractivity contribution is 6.25. The predicted octanol–water partition coefficient (Wildman–Crippen LogP) is 8.62. The molecule has 0 radical (unpaired) electrons. The third-order valence-electron chi connectivity index (χ3n) is 6.16. The van der Waals surface area contributed by atoms with Crippen molar-refractivity contribution in [3.05, 3.63) is 65.2 Å². The second-order valence-electron chi connectivity index (χ2n) is 8.42. The summed E-state index contributed by atoms with van der Waals surface area (Å²) in [6.07, 6.45) is 10.4. The van der Waals surface area contributed by atoms with Gasteiger partial charge in [0.05, 0.1) is 0 Å². The Labute approximate surface area is 195 Å². The van der Waals surface area contributed by atoms with Gasteiger partial charge < -0.3 is 4.74 Å². The van der Waals surface area contributed by atoms with Crippen LogP contribution in [0, 0.1) is 29.4 Å². The fraction of sp³-hybridized carbons (Fsp3) is 0.429. The molecule has 0 bridgehead atoms. The quantitative estimate of drug-likeness (QED) is 0.361. The number of benzene rings is 2. The van der Waals surface area contributed by atoms with Gasteiger partial charge in [0.1, 0.15) is 12.4 Å². The molecule has 0 amide bonds. The number of hydrogen-bond acceptors (Lipinski definition) is 1. The Morgan fingerprint density at radius 1 is 1.00 bits per heavy atom. The third kappa shape index (κ3) is 6.84. The minimum absolute atomic E-state index is 0.119. The van der Waals surface area contributed by atoms with Crippen molar-refractivity contribution in [1.82, 2.24) is 0 Å². The van der Waals surface area contributed by atoms with Gasteiger partial charge in [0, 0.05) is 23.9 Å². The number of halogens is 3. The Morgan fingerprint density at radius 2 is 1.78 bits per heavy atom. The standard InChI is InChI=1S/C28H31ClF2O/c1-2-3-4-5-6-8-21-9-11-22(12-10-21)23-13-15-25(26(30)19-23)24-14-16-28(27(31)20-24)32-18-7-17-29/h7,13-17,19-22H,2-3,6,8-12,18H2,1H3/b17-7+/t21-,22-. The summed E-state index contributed by atoms with van der Waals surface area (Å²) in [4.78, 5) is 0. The number of hydrogen-bond donors (Lipinski definition) is 0. The van der Waals surface area contributed by atoms with E-state index >= 15 is 0 Å². The molecule has 0 aromatic heterocycles. The molecule has 0 heterocycles. The number of ether oxygens (including phenoxy) is 1. The predicted molar refractivity (Wildman–Crippen MR) is 129 cm³/mol. The molecule has 1 aliphatic rings. The van der Waals surface area contributed by atoms with Crippen LogP contribution in [0.15, 0.2) is 48.0 Å². The SMILES string of the molecule is CCCC#CCC[C@H]1CC[C@H](c2ccc(-c3ccc(OC/C=C/Cl)c(F)c3)c(F)c2)CC1. The molecule has 0 saturated heterocycles. The van der Waals surface area contributed by atoms with Crippen molar-refractivity contribution in [2.45, 2.75) is 64.2 Å². The smallest absolute Gasteiger partial charge is 0.165 e. The van der Waals surface area contributed by atoms with E-state index in [1.54, 1.807) is 24.3 Å². The zero-order valence-electron chi connectivity index (χ0n) is 18.7. The molecule has 0 aliphatic heterocycles. The van der Waals surface area contributed by atoms with Crippen LogP contribution in [-0.2, 0) is 0 Å². The summed E-state index contributed by atoms with van der Waals surface area (Å²) in [5, 5.41) is 0. The molecule has 1 saturated carbocycles. The fourth-order valence-corrected chi connectivity index (χ4v) is 4.41. The van der Waals surface area contributed by atoms with E-state index in [1.165, 1.54) is 36.9 Å².